The van der Waals surface area contributed by atoms with Gasteiger partial charge in [-0.1, -0.05) is 30.3 Å². The van der Waals surface area contributed by atoms with Crippen LogP contribution in [-0.4, -0.2) is 23.5 Å². The average Bonchev–Trinajstić information content (AvgIpc) is 3.23. The van der Waals surface area contributed by atoms with Crippen molar-refractivity contribution in [2.24, 2.45) is 0 Å². The number of carbonyl (C=O) groups is 1. The Bertz CT molecular complexity index is 840. The highest BCUT2D eigenvalue weighted by Crippen LogP contribution is 2.41. The number of ether oxygens (including phenoxy) is 1. The first-order valence-electron chi connectivity index (χ1n) is 9.93. The number of amides is 1. The van der Waals surface area contributed by atoms with Gasteiger partial charge in [-0.3, -0.25) is 4.79 Å². The lowest BCUT2D eigenvalue weighted by molar-refractivity contribution is -0.136. The van der Waals surface area contributed by atoms with Gasteiger partial charge in [0, 0.05) is 6.04 Å². The molecule has 3 aliphatic rings. The molecule has 134 valence electrons. The van der Waals surface area contributed by atoms with Crippen molar-refractivity contribution < 1.29 is 9.53 Å². The summed E-state index contributed by atoms with van der Waals surface area (Å²) in [5, 5.41) is 0. The maximum atomic E-state index is 13.0. The summed E-state index contributed by atoms with van der Waals surface area (Å²) >= 11 is 0. The molecule has 1 saturated carbocycles. The number of fused-ring (bicyclic) bond motifs is 2. The molecule has 0 aliphatic heterocycles. The molecule has 3 heteroatoms. The minimum Gasteiger partial charge on any atom is -0.484 e. The summed E-state index contributed by atoms with van der Waals surface area (Å²) in [6.45, 7) is 0.147. The number of nitrogens with zero attached hydrogens (tertiary/aromatic N) is 1. The summed E-state index contributed by atoms with van der Waals surface area (Å²) in [5.74, 6) is 0.969. The number of benzene rings is 2. The summed E-state index contributed by atoms with van der Waals surface area (Å²) in [6.07, 6.45) is 7.91. The monoisotopic (exact) mass is 347 g/mol. The highest BCUT2D eigenvalue weighted by molar-refractivity contribution is 5.79. The van der Waals surface area contributed by atoms with Gasteiger partial charge in [-0.05, 0) is 79.3 Å². The predicted octanol–water partition coefficient (Wildman–Crippen LogP) is 4.23. The number of carbonyl (C=O) groups excluding carboxylic acids is 1. The molecule has 0 bridgehead atoms. The Labute approximate surface area is 155 Å². The zero-order valence-corrected chi connectivity index (χ0v) is 15.1. The molecule has 0 saturated heterocycles. The third kappa shape index (κ3) is 2.90. The molecule has 1 fully saturated rings. The molecule has 3 aliphatic carbocycles. The molecule has 26 heavy (non-hydrogen) atoms. The normalized spacial score (nSPS) is 20.5. The Morgan fingerprint density at radius 2 is 1.81 bits per heavy atom. The average molecular weight is 347 g/mol. The van der Waals surface area contributed by atoms with Gasteiger partial charge in [-0.15, -0.1) is 0 Å². The maximum absolute atomic E-state index is 13.0. The molecule has 1 atom stereocenters. The van der Waals surface area contributed by atoms with Gasteiger partial charge in [0.2, 0.25) is 0 Å². The van der Waals surface area contributed by atoms with E-state index in [1.807, 2.05) is 6.07 Å². The summed E-state index contributed by atoms with van der Waals surface area (Å²) in [7, 11) is 0. The van der Waals surface area contributed by atoms with E-state index in [9.17, 15) is 4.79 Å². The van der Waals surface area contributed by atoms with E-state index in [4.69, 9.17) is 4.74 Å². The van der Waals surface area contributed by atoms with Crippen molar-refractivity contribution in [3.8, 4) is 5.75 Å². The summed E-state index contributed by atoms with van der Waals surface area (Å²) in [4.78, 5) is 15.2. The number of hydrogen-bond donors (Lipinski definition) is 0. The van der Waals surface area contributed by atoms with E-state index in [-0.39, 0.29) is 18.6 Å². The highest BCUT2D eigenvalue weighted by atomic mass is 16.5. The second kappa shape index (κ2) is 6.46. The molecular formula is C23H25NO2. The molecule has 3 nitrogen and oxygen atoms in total. The van der Waals surface area contributed by atoms with Gasteiger partial charge in [-0.2, -0.15) is 0 Å². The predicted molar refractivity (Wildman–Crippen MR) is 101 cm³/mol. The minimum atomic E-state index is 0.134. The van der Waals surface area contributed by atoms with E-state index in [2.05, 4.69) is 41.3 Å². The molecule has 5 rings (SSSR count). The van der Waals surface area contributed by atoms with Crippen molar-refractivity contribution >= 4 is 5.91 Å². The van der Waals surface area contributed by atoms with Gasteiger partial charge in [0.15, 0.2) is 6.61 Å². The van der Waals surface area contributed by atoms with Gasteiger partial charge in [0.25, 0.3) is 5.91 Å². The van der Waals surface area contributed by atoms with Crippen LogP contribution in [0.25, 0.3) is 0 Å². The van der Waals surface area contributed by atoms with E-state index >= 15 is 0 Å². The van der Waals surface area contributed by atoms with Gasteiger partial charge < -0.3 is 9.64 Å². The van der Waals surface area contributed by atoms with Crippen LogP contribution in [0.3, 0.4) is 0 Å². The lowest BCUT2D eigenvalue weighted by Gasteiger charge is -2.30. The molecule has 0 aromatic heterocycles. The SMILES string of the molecule is O=C(COc1ccc2c(c1)CCC2)N(C1CC1)C1CCc2ccccc21. The Balaban J connectivity index is 1.30. The van der Waals surface area contributed by atoms with E-state index in [0.717, 1.165) is 37.9 Å². The molecule has 0 radical (unpaired) electrons. The van der Waals surface area contributed by atoms with Crippen LogP contribution in [0.15, 0.2) is 42.5 Å². The molecule has 0 heterocycles. The highest BCUT2D eigenvalue weighted by Gasteiger charge is 2.40. The Hall–Kier alpha value is -2.29. The summed E-state index contributed by atoms with van der Waals surface area (Å²) in [6, 6.07) is 15.5. The molecule has 2 aromatic carbocycles. The lowest BCUT2D eigenvalue weighted by atomic mass is 10.1. The molecule has 0 N–H and O–H groups in total. The van der Waals surface area contributed by atoms with Gasteiger partial charge >= 0.3 is 0 Å². The van der Waals surface area contributed by atoms with Crippen LogP contribution in [0.4, 0.5) is 0 Å². The van der Waals surface area contributed by atoms with Crippen LogP contribution in [0.2, 0.25) is 0 Å². The van der Waals surface area contributed by atoms with E-state index in [0.29, 0.717) is 6.04 Å². The first-order chi connectivity index (χ1) is 12.8. The second-order valence-corrected chi connectivity index (χ2v) is 7.86. The molecule has 0 spiro atoms. The summed E-state index contributed by atoms with van der Waals surface area (Å²) < 4.78 is 5.91. The number of rotatable bonds is 5. The van der Waals surface area contributed by atoms with E-state index < -0.39 is 0 Å². The van der Waals surface area contributed by atoms with Crippen LogP contribution in [-0.2, 0) is 24.1 Å². The zero-order chi connectivity index (χ0) is 17.5. The van der Waals surface area contributed by atoms with Crippen molar-refractivity contribution in [1.29, 1.82) is 0 Å². The van der Waals surface area contributed by atoms with Crippen molar-refractivity contribution in [3.05, 3.63) is 64.7 Å². The van der Waals surface area contributed by atoms with Crippen molar-refractivity contribution in [1.82, 2.24) is 4.90 Å². The smallest absolute Gasteiger partial charge is 0.261 e. The fourth-order valence-electron chi connectivity index (χ4n) is 4.67. The number of hydrogen-bond acceptors (Lipinski definition) is 2. The van der Waals surface area contributed by atoms with Crippen LogP contribution < -0.4 is 4.74 Å². The van der Waals surface area contributed by atoms with Crippen LogP contribution in [0, 0.1) is 0 Å². The summed E-state index contributed by atoms with van der Waals surface area (Å²) in [5.41, 5.74) is 5.56. The Morgan fingerprint density at radius 3 is 2.69 bits per heavy atom. The van der Waals surface area contributed by atoms with E-state index in [1.54, 1.807) is 0 Å². The molecule has 1 unspecified atom stereocenters. The largest absolute Gasteiger partial charge is 0.484 e. The lowest BCUT2D eigenvalue weighted by Crippen LogP contribution is -2.39. The molecular weight excluding hydrogens is 322 g/mol. The Morgan fingerprint density at radius 1 is 0.962 bits per heavy atom. The fraction of sp³-hybridized carbons (Fsp3) is 0.435. The van der Waals surface area contributed by atoms with Gasteiger partial charge in [0.05, 0.1) is 6.04 Å². The van der Waals surface area contributed by atoms with Gasteiger partial charge in [0.1, 0.15) is 5.75 Å². The minimum absolute atomic E-state index is 0.134. The topological polar surface area (TPSA) is 29.5 Å². The first-order valence-corrected chi connectivity index (χ1v) is 9.93. The van der Waals surface area contributed by atoms with Crippen molar-refractivity contribution in [3.63, 3.8) is 0 Å². The first kappa shape index (κ1) is 15.9. The van der Waals surface area contributed by atoms with Gasteiger partial charge in [-0.25, -0.2) is 0 Å². The number of aryl methyl sites for hydroxylation is 3. The van der Waals surface area contributed by atoms with Crippen molar-refractivity contribution in [2.75, 3.05) is 6.61 Å². The third-order valence-electron chi connectivity index (χ3n) is 6.10. The van der Waals surface area contributed by atoms with Crippen molar-refractivity contribution in [2.45, 2.75) is 57.0 Å². The molecule has 2 aromatic rings. The Kier molecular flexibility index (Phi) is 3.96. The van der Waals surface area contributed by atoms with E-state index in [1.165, 1.54) is 35.1 Å². The third-order valence-corrected chi connectivity index (χ3v) is 6.10. The zero-order valence-electron chi connectivity index (χ0n) is 15.1. The van der Waals surface area contributed by atoms with Crippen LogP contribution >= 0.6 is 0 Å². The van der Waals surface area contributed by atoms with Crippen LogP contribution in [0.1, 0.15) is 54.0 Å². The maximum Gasteiger partial charge on any atom is 0.261 e. The standard InChI is InChI=1S/C23H25NO2/c25-23(15-26-20-12-8-16-5-3-6-18(16)14-20)24(19-10-11-19)22-13-9-17-4-1-2-7-21(17)22/h1-2,4,7-8,12,14,19,22H,3,5-6,9-11,13,15H2. The molecule has 1 amide bonds. The quantitative estimate of drug-likeness (QED) is 0.810. The fourth-order valence-corrected chi connectivity index (χ4v) is 4.67. The van der Waals surface area contributed by atoms with Crippen LogP contribution in [0.5, 0.6) is 5.75 Å². The second-order valence-electron chi connectivity index (χ2n) is 7.86.